The van der Waals surface area contributed by atoms with Crippen LogP contribution in [0.4, 0.5) is 0 Å². The average molecular weight is 283 g/mol. The number of carbonyl (C=O) groups is 1. The summed E-state index contributed by atoms with van der Waals surface area (Å²) in [6.07, 6.45) is 3.42. The van der Waals surface area contributed by atoms with E-state index in [1.54, 1.807) is 11.0 Å². The highest BCUT2D eigenvalue weighted by atomic mass is 16.1. The molecule has 0 bridgehead atoms. The van der Waals surface area contributed by atoms with Crippen LogP contribution in [-0.2, 0) is 17.9 Å². The zero-order valence-electron chi connectivity index (χ0n) is 11.6. The molecular weight excluding hydrogens is 266 g/mol. The molecule has 108 valence electrons. The third-order valence-corrected chi connectivity index (χ3v) is 2.81. The highest BCUT2D eigenvalue weighted by Crippen LogP contribution is 2.03. The van der Waals surface area contributed by atoms with E-state index in [-0.39, 0.29) is 5.91 Å². The van der Waals surface area contributed by atoms with Crippen molar-refractivity contribution in [2.75, 3.05) is 6.54 Å². The lowest BCUT2D eigenvalue weighted by Crippen LogP contribution is -2.24. The lowest BCUT2D eigenvalue weighted by Gasteiger charge is -2.05. The minimum atomic E-state index is -0.0162. The number of nitrogens with two attached hydrogens (primary N) is 1. The lowest BCUT2D eigenvalue weighted by atomic mass is 10.1. The van der Waals surface area contributed by atoms with Crippen LogP contribution in [0.3, 0.4) is 0 Å². The number of rotatable bonds is 5. The quantitative estimate of drug-likeness (QED) is 0.773. The molecular formula is C15H17N5O. The largest absolute Gasteiger partial charge is 0.352 e. The van der Waals surface area contributed by atoms with Crippen molar-refractivity contribution >= 4 is 5.91 Å². The minimum absolute atomic E-state index is 0.0162. The van der Waals surface area contributed by atoms with Crippen molar-refractivity contribution in [3.05, 3.63) is 48.0 Å². The third-order valence-electron chi connectivity index (χ3n) is 2.81. The van der Waals surface area contributed by atoms with Gasteiger partial charge in [-0.25, -0.2) is 4.98 Å². The summed E-state index contributed by atoms with van der Waals surface area (Å²) in [5.41, 5.74) is 7.27. The van der Waals surface area contributed by atoms with E-state index in [0.29, 0.717) is 26.1 Å². The molecule has 0 aliphatic heterocycles. The maximum Gasteiger partial charge on any atom is 0.222 e. The second-order valence-corrected chi connectivity index (χ2v) is 4.39. The Morgan fingerprint density at radius 3 is 2.81 bits per heavy atom. The van der Waals surface area contributed by atoms with Gasteiger partial charge >= 0.3 is 0 Å². The minimum Gasteiger partial charge on any atom is -0.352 e. The van der Waals surface area contributed by atoms with E-state index in [1.165, 1.54) is 6.33 Å². The molecule has 3 N–H and O–H groups in total. The first kappa shape index (κ1) is 14.8. The maximum absolute atomic E-state index is 11.7. The molecule has 0 fully saturated rings. The van der Waals surface area contributed by atoms with E-state index in [4.69, 9.17) is 5.73 Å². The molecule has 1 heterocycles. The van der Waals surface area contributed by atoms with Crippen LogP contribution in [0.2, 0.25) is 0 Å². The Morgan fingerprint density at radius 2 is 2.14 bits per heavy atom. The van der Waals surface area contributed by atoms with Gasteiger partial charge in [-0.15, -0.1) is 0 Å². The van der Waals surface area contributed by atoms with E-state index < -0.39 is 0 Å². The van der Waals surface area contributed by atoms with Gasteiger partial charge in [0.2, 0.25) is 5.91 Å². The molecule has 0 spiro atoms. The fraction of sp³-hybridized carbons (Fsp3) is 0.267. The van der Waals surface area contributed by atoms with E-state index in [1.807, 2.05) is 24.3 Å². The molecule has 1 aromatic carbocycles. The first-order valence-electron chi connectivity index (χ1n) is 6.65. The van der Waals surface area contributed by atoms with E-state index in [0.717, 1.165) is 11.1 Å². The normalized spacial score (nSPS) is 9.76. The van der Waals surface area contributed by atoms with Gasteiger partial charge in [0.25, 0.3) is 0 Å². The molecule has 1 amide bonds. The van der Waals surface area contributed by atoms with Crippen LogP contribution in [0.5, 0.6) is 0 Å². The summed E-state index contributed by atoms with van der Waals surface area (Å²) in [4.78, 5) is 15.5. The predicted octanol–water partition coefficient (Wildman–Crippen LogP) is 0.295. The fourth-order valence-electron chi connectivity index (χ4n) is 1.71. The number of aryl methyl sites for hydroxylation is 1. The number of hydrogen-bond donors (Lipinski definition) is 2. The van der Waals surface area contributed by atoms with Gasteiger partial charge in [0.05, 0.1) is 13.1 Å². The number of nitrogens with zero attached hydrogens (tertiary/aromatic N) is 3. The maximum atomic E-state index is 11.7. The number of aromatic nitrogens is 3. The van der Waals surface area contributed by atoms with Crippen LogP contribution < -0.4 is 11.1 Å². The third kappa shape index (κ3) is 5.09. The zero-order valence-corrected chi connectivity index (χ0v) is 11.6. The first-order valence-corrected chi connectivity index (χ1v) is 6.65. The average Bonchev–Trinajstić information content (AvgIpc) is 3.03. The molecule has 0 unspecified atom stereocenters. The number of carbonyl (C=O) groups excluding carboxylic acids is 1. The van der Waals surface area contributed by atoms with Crippen molar-refractivity contribution in [1.82, 2.24) is 20.1 Å². The van der Waals surface area contributed by atoms with Crippen LogP contribution >= 0.6 is 0 Å². The summed E-state index contributed by atoms with van der Waals surface area (Å²) in [6, 6.07) is 7.72. The topological polar surface area (TPSA) is 85.8 Å². The monoisotopic (exact) mass is 283 g/mol. The summed E-state index contributed by atoms with van der Waals surface area (Å²) in [7, 11) is 0. The molecule has 0 aliphatic carbocycles. The Labute approximate surface area is 123 Å². The van der Waals surface area contributed by atoms with Crippen molar-refractivity contribution in [3.8, 4) is 11.8 Å². The second kappa shape index (κ2) is 7.82. The predicted molar refractivity (Wildman–Crippen MR) is 78.9 cm³/mol. The van der Waals surface area contributed by atoms with E-state index in [9.17, 15) is 4.79 Å². The molecule has 1 aromatic heterocycles. The lowest BCUT2D eigenvalue weighted by molar-refractivity contribution is -0.121. The van der Waals surface area contributed by atoms with Gasteiger partial charge in [-0.3, -0.25) is 9.48 Å². The molecule has 21 heavy (non-hydrogen) atoms. The molecule has 2 aromatic rings. The summed E-state index contributed by atoms with van der Waals surface area (Å²) in [6.45, 7) is 1.38. The van der Waals surface area contributed by atoms with Crippen LogP contribution in [0, 0.1) is 11.8 Å². The summed E-state index contributed by atoms with van der Waals surface area (Å²) in [5.74, 6) is 5.74. The number of amides is 1. The Balaban J connectivity index is 1.75. The molecule has 0 saturated heterocycles. The first-order chi connectivity index (χ1) is 10.3. The molecule has 6 nitrogen and oxygen atoms in total. The summed E-state index contributed by atoms with van der Waals surface area (Å²) in [5, 5.41) is 6.81. The zero-order chi connectivity index (χ0) is 14.9. The highest BCUT2D eigenvalue weighted by Gasteiger charge is 2.02. The number of benzene rings is 1. The smallest absolute Gasteiger partial charge is 0.222 e. The van der Waals surface area contributed by atoms with Crippen LogP contribution in [0.15, 0.2) is 36.9 Å². The van der Waals surface area contributed by atoms with Crippen molar-refractivity contribution in [1.29, 1.82) is 0 Å². The number of hydrogen-bond acceptors (Lipinski definition) is 4. The standard InChI is InChI=1S/C15H17N5O/c16-8-1-2-13-3-5-14(6-4-13)10-18-15(21)7-9-20-12-17-11-19-20/h3-6,11-12H,7-10,16H2,(H,18,21). The van der Waals surface area contributed by atoms with Gasteiger partial charge in [0.15, 0.2) is 0 Å². The van der Waals surface area contributed by atoms with Crippen LogP contribution in [-0.4, -0.2) is 27.2 Å². The van der Waals surface area contributed by atoms with Gasteiger partial charge in [0, 0.05) is 18.5 Å². The van der Waals surface area contributed by atoms with Gasteiger partial charge in [-0.05, 0) is 17.7 Å². The Kier molecular flexibility index (Phi) is 5.50. The van der Waals surface area contributed by atoms with E-state index >= 15 is 0 Å². The van der Waals surface area contributed by atoms with Gasteiger partial charge in [-0.1, -0.05) is 24.0 Å². The molecule has 0 atom stereocenters. The highest BCUT2D eigenvalue weighted by molar-refractivity contribution is 5.75. The molecule has 6 heteroatoms. The van der Waals surface area contributed by atoms with Crippen molar-refractivity contribution in [2.24, 2.45) is 5.73 Å². The SMILES string of the molecule is NCC#Cc1ccc(CNC(=O)CCn2cncn2)cc1. The Morgan fingerprint density at radius 1 is 1.33 bits per heavy atom. The van der Waals surface area contributed by atoms with Gasteiger partial charge < -0.3 is 11.1 Å². The Hall–Kier alpha value is -2.65. The fourth-order valence-corrected chi connectivity index (χ4v) is 1.71. The van der Waals surface area contributed by atoms with Crippen molar-refractivity contribution in [2.45, 2.75) is 19.5 Å². The van der Waals surface area contributed by atoms with Gasteiger partial charge in [0.1, 0.15) is 12.7 Å². The summed E-state index contributed by atoms with van der Waals surface area (Å²) < 4.78 is 1.63. The van der Waals surface area contributed by atoms with Gasteiger partial charge in [-0.2, -0.15) is 5.10 Å². The van der Waals surface area contributed by atoms with E-state index in [2.05, 4.69) is 27.2 Å². The molecule has 0 radical (unpaired) electrons. The molecule has 0 saturated carbocycles. The van der Waals surface area contributed by atoms with Crippen molar-refractivity contribution < 1.29 is 4.79 Å². The van der Waals surface area contributed by atoms with Crippen molar-refractivity contribution in [3.63, 3.8) is 0 Å². The Bertz CT molecular complexity index is 622. The second-order valence-electron chi connectivity index (χ2n) is 4.39. The van der Waals surface area contributed by atoms with Crippen LogP contribution in [0.1, 0.15) is 17.5 Å². The number of nitrogens with one attached hydrogen (secondary N) is 1. The van der Waals surface area contributed by atoms with Crippen LogP contribution in [0.25, 0.3) is 0 Å². The molecule has 2 rings (SSSR count). The molecule has 0 aliphatic rings. The summed E-state index contributed by atoms with van der Waals surface area (Å²) >= 11 is 0.